The van der Waals surface area contributed by atoms with Crippen molar-refractivity contribution in [3.8, 4) is 0 Å². The SMILES string of the molecule is Cc1csc(NS(=O)(=O)c2cc(C(=O)O)n(C(C)C)c2)n1. The summed E-state index contributed by atoms with van der Waals surface area (Å²) >= 11 is 1.17. The number of carbonyl (C=O) groups is 1. The quantitative estimate of drug-likeness (QED) is 0.876. The summed E-state index contributed by atoms with van der Waals surface area (Å²) in [5, 5.41) is 11.1. The average molecular weight is 329 g/mol. The highest BCUT2D eigenvalue weighted by Gasteiger charge is 2.23. The minimum Gasteiger partial charge on any atom is -0.477 e. The molecule has 0 radical (unpaired) electrons. The fourth-order valence-corrected chi connectivity index (χ4v) is 3.74. The minimum absolute atomic E-state index is 0.0688. The van der Waals surface area contributed by atoms with Gasteiger partial charge in [-0.05, 0) is 26.8 Å². The number of hydrogen-bond acceptors (Lipinski definition) is 5. The number of aromatic nitrogens is 2. The zero-order valence-electron chi connectivity index (χ0n) is 11.7. The van der Waals surface area contributed by atoms with Gasteiger partial charge in [-0.3, -0.25) is 4.72 Å². The molecule has 2 N–H and O–H groups in total. The third-order valence-corrected chi connectivity index (χ3v) is 5.06. The van der Waals surface area contributed by atoms with E-state index in [1.54, 1.807) is 26.2 Å². The Morgan fingerprint density at radius 2 is 2.14 bits per heavy atom. The van der Waals surface area contributed by atoms with Crippen LogP contribution >= 0.6 is 11.3 Å². The Morgan fingerprint density at radius 3 is 2.57 bits per heavy atom. The van der Waals surface area contributed by atoms with Gasteiger partial charge in [0.05, 0.1) is 5.69 Å². The Balaban J connectivity index is 2.40. The molecular weight excluding hydrogens is 314 g/mol. The van der Waals surface area contributed by atoms with Gasteiger partial charge in [0.1, 0.15) is 10.6 Å². The first-order valence-electron chi connectivity index (χ1n) is 6.11. The van der Waals surface area contributed by atoms with Crippen molar-refractivity contribution in [3.63, 3.8) is 0 Å². The maximum Gasteiger partial charge on any atom is 0.352 e. The molecule has 0 amide bonds. The van der Waals surface area contributed by atoms with Crippen LogP contribution in [-0.4, -0.2) is 29.0 Å². The predicted octanol–water partition coefficient (Wildman–Crippen LogP) is 2.33. The van der Waals surface area contributed by atoms with Crippen LogP contribution in [0.4, 0.5) is 5.13 Å². The lowest BCUT2D eigenvalue weighted by molar-refractivity contribution is 0.0683. The number of sulfonamides is 1. The first-order chi connectivity index (χ1) is 9.70. The fraction of sp³-hybridized carbons (Fsp3) is 0.333. The molecule has 0 fully saturated rings. The van der Waals surface area contributed by atoms with Crippen molar-refractivity contribution in [3.05, 3.63) is 29.0 Å². The number of thiazole rings is 1. The lowest BCUT2D eigenvalue weighted by atomic mass is 10.3. The van der Waals surface area contributed by atoms with E-state index in [9.17, 15) is 13.2 Å². The number of carboxylic acids is 1. The summed E-state index contributed by atoms with van der Waals surface area (Å²) in [6.45, 7) is 5.31. The topological polar surface area (TPSA) is 101 Å². The highest BCUT2D eigenvalue weighted by molar-refractivity contribution is 7.93. The molecule has 2 aromatic heterocycles. The standard InChI is InChI=1S/C12H15N3O4S2/c1-7(2)15-5-9(4-10(15)11(16)17)21(18,19)14-12-13-8(3)6-20-12/h4-7H,1-3H3,(H,13,14)(H,16,17). The van der Waals surface area contributed by atoms with E-state index in [1.807, 2.05) is 0 Å². The van der Waals surface area contributed by atoms with Gasteiger partial charge < -0.3 is 9.67 Å². The second-order valence-corrected chi connectivity index (χ2v) is 7.31. The zero-order chi connectivity index (χ0) is 15.8. The van der Waals surface area contributed by atoms with Gasteiger partial charge in [0.2, 0.25) is 0 Å². The highest BCUT2D eigenvalue weighted by atomic mass is 32.2. The fourth-order valence-electron chi connectivity index (χ4n) is 1.77. The van der Waals surface area contributed by atoms with Crippen molar-refractivity contribution in [2.75, 3.05) is 4.72 Å². The van der Waals surface area contributed by atoms with Gasteiger partial charge in [-0.2, -0.15) is 0 Å². The van der Waals surface area contributed by atoms with Crippen LogP contribution in [0.5, 0.6) is 0 Å². The van der Waals surface area contributed by atoms with E-state index in [0.717, 1.165) is 6.07 Å². The van der Waals surface area contributed by atoms with E-state index >= 15 is 0 Å². The summed E-state index contributed by atoms with van der Waals surface area (Å²) in [5.74, 6) is -1.17. The van der Waals surface area contributed by atoms with Crippen LogP contribution in [-0.2, 0) is 10.0 Å². The number of anilines is 1. The first-order valence-corrected chi connectivity index (χ1v) is 8.47. The molecule has 0 aliphatic carbocycles. The Hall–Kier alpha value is -1.87. The normalized spacial score (nSPS) is 11.8. The molecule has 0 unspecified atom stereocenters. The maximum absolute atomic E-state index is 12.3. The van der Waals surface area contributed by atoms with Gasteiger partial charge in [-0.1, -0.05) is 0 Å². The molecule has 114 valence electrons. The number of aryl methyl sites for hydroxylation is 1. The van der Waals surface area contributed by atoms with Crippen LogP contribution in [0.2, 0.25) is 0 Å². The molecule has 2 rings (SSSR count). The summed E-state index contributed by atoms with van der Waals surface area (Å²) in [7, 11) is -3.85. The molecule has 21 heavy (non-hydrogen) atoms. The second kappa shape index (κ2) is 5.49. The summed E-state index contributed by atoms with van der Waals surface area (Å²) in [6, 6.07) is 0.979. The lowest BCUT2D eigenvalue weighted by Gasteiger charge is -2.09. The van der Waals surface area contributed by atoms with E-state index in [2.05, 4.69) is 9.71 Å². The summed E-state index contributed by atoms with van der Waals surface area (Å²) in [4.78, 5) is 15.1. The van der Waals surface area contributed by atoms with E-state index in [-0.39, 0.29) is 21.8 Å². The van der Waals surface area contributed by atoms with Crippen LogP contribution < -0.4 is 4.72 Å². The van der Waals surface area contributed by atoms with Crippen LogP contribution in [0, 0.1) is 6.92 Å². The van der Waals surface area contributed by atoms with Crippen LogP contribution in [0.15, 0.2) is 22.5 Å². The van der Waals surface area contributed by atoms with Crippen molar-refractivity contribution in [2.45, 2.75) is 31.7 Å². The number of carboxylic acid groups (broad SMARTS) is 1. The summed E-state index contributed by atoms with van der Waals surface area (Å²) < 4.78 is 28.3. The summed E-state index contributed by atoms with van der Waals surface area (Å²) in [5.41, 5.74) is 0.643. The van der Waals surface area contributed by atoms with Gasteiger partial charge in [0.15, 0.2) is 5.13 Å². The second-order valence-electron chi connectivity index (χ2n) is 4.77. The van der Waals surface area contributed by atoms with Crippen molar-refractivity contribution in [1.82, 2.24) is 9.55 Å². The molecule has 2 heterocycles. The van der Waals surface area contributed by atoms with Crippen molar-refractivity contribution < 1.29 is 18.3 Å². The monoisotopic (exact) mass is 329 g/mol. The molecule has 0 atom stereocenters. The van der Waals surface area contributed by atoms with Gasteiger partial charge in [0, 0.05) is 17.6 Å². The van der Waals surface area contributed by atoms with Crippen molar-refractivity contribution >= 4 is 32.5 Å². The zero-order valence-corrected chi connectivity index (χ0v) is 13.3. The van der Waals surface area contributed by atoms with Gasteiger partial charge in [-0.25, -0.2) is 18.2 Å². The van der Waals surface area contributed by atoms with Gasteiger partial charge in [-0.15, -0.1) is 11.3 Å². The third-order valence-electron chi connectivity index (χ3n) is 2.75. The Bertz CT molecular complexity index is 774. The maximum atomic E-state index is 12.3. The van der Waals surface area contributed by atoms with Crippen LogP contribution in [0.25, 0.3) is 0 Å². The molecule has 0 bridgehead atoms. The molecule has 2 aromatic rings. The number of hydrogen-bond donors (Lipinski definition) is 2. The molecule has 9 heteroatoms. The molecule has 0 saturated carbocycles. The first kappa shape index (κ1) is 15.5. The Morgan fingerprint density at radius 1 is 1.48 bits per heavy atom. The Kier molecular flexibility index (Phi) is 4.06. The molecule has 0 aliphatic heterocycles. The van der Waals surface area contributed by atoms with E-state index in [4.69, 9.17) is 5.11 Å². The van der Waals surface area contributed by atoms with E-state index < -0.39 is 16.0 Å². The van der Waals surface area contributed by atoms with Gasteiger partial charge in [0.25, 0.3) is 10.0 Å². The lowest BCUT2D eigenvalue weighted by Crippen LogP contribution is -2.12. The number of aromatic carboxylic acids is 1. The molecule has 0 saturated heterocycles. The molecular formula is C12H15N3O4S2. The number of nitrogens with one attached hydrogen (secondary N) is 1. The Labute approximate surface area is 126 Å². The van der Waals surface area contributed by atoms with Crippen molar-refractivity contribution in [2.24, 2.45) is 0 Å². The van der Waals surface area contributed by atoms with E-state index in [1.165, 1.54) is 22.1 Å². The molecule has 7 nitrogen and oxygen atoms in total. The van der Waals surface area contributed by atoms with Gasteiger partial charge >= 0.3 is 5.97 Å². The van der Waals surface area contributed by atoms with Crippen molar-refractivity contribution in [1.29, 1.82) is 0 Å². The predicted molar refractivity (Wildman–Crippen MR) is 79.4 cm³/mol. The van der Waals surface area contributed by atoms with Crippen LogP contribution in [0.3, 0.4) is 0 Å². The highest BCUT2D eigenvalue weighted by Crippen LogP contribution is 2.23. The summed E-state index contributed by atoms with van der Waals surface area (Å²) in [6.07, 6.45) is 1.32. The number of rotatable bonds is 5. The molecule has 0 aromatic carbocycles. The van der Waals surface area contributed by atoms with Crippen LogP contribution in [0.1, 0.15) is 36.1 Å². The minimum atomic E-state index is -3.85. The molecule has 0 aliphatic rings. The largest absolute Gasteiger partial charge is 0.477 e. The molecule has 0 spiro atoms. The van der Waals surface area contributed by atoms with E-state index in [0.29, 0.717) is 5.69 Å². The third kappa shape index (κ3) is 3.24. The smallest absolute Gasteiger partial charge is 0.352 e. The average Bonchev–Trinajstić information content (AvgIpc) is 2.95. The number of nitrogens with zero attached hydrogens (tertiary/aromatic N) is 2.